The van der Waals surface area contributed by atoms with E-state index < -0.39 is 0 Å². The summed E-state index contributed by atoms with van der Waals surface area (Å²) >= 11 is 0. The van der Waals surface area contributed by atoms with Crippen LogP contribution in [0.15, 0.2) is 47.5 Å². The first-order chi connectivity index (χ1) is 13.3. The van der Waals surface area contributed by atoms with Crippen LogP contribution in [-0.2, 0) is 24.3 Å². The number of rotatable bonds is 8. The van der Waals surface area contributed by atoms with E-state index in [1.165, 1.54) is 16.7 Å². The fourth-order valence-corrected chi connectivity index (χ4v) is 2.94. The molecular formula is C21H27N3O3. The molecule has 0 fully saturated rings. The molecule has 0 bridgehead atoms. The Morgan fingerprint density at radius 1 is 1.07 bits per heavy atom. The molecule has 0 saturated carbocycles. The maximum Gasteiger partial charge on any atom is 0.231 e. The monoisotopic (exact) mass is 369 g/mol. The molecule has 0 saturated heterocycles. The highest BCUT2D eigenvalue weighted by molar-refractivity contribution is 5.79. The summed E-state index contributed by atoms with van der Waals surface area (Å²) in [6, 6.07) is 14.3. The van der Waals surface area contributed by atoms with Gasteiger partial charge in [0.1, 0.15) is 0 Å². The summed E-state index contributed by atoms with van der Waals surface area (Å²) in [5.74, 6) is 2.45. The van der Waals surface area contributed by atoms with Gasteiger partial charge in [-0.25, -0.2) is 4.99 Å². The van der Waals surface area contributed by atoms with E-state index in [0.29, 0.717) is 19.9 Å². The van der Waals surface area contributed by atoms with Crippen molar-refractivity contribution in [2.75, 3.05) is 27.0 Å². The molecule has 0 amide bonds. The Bertz CT molecular complexity index is 777. The number of aliphatic imine (C=N–C) groups is 1. The van der Waals surface area contributed by atoms with Gasteiger partial charge in [-0.15, -0.1) is 0 Å². The molecular weight excluding hydrogens is 342 g/mol. The van der Waals surface area contributed by atoms with Gasteiger partial charge in [0.25, 0.3) is 0 Å². The summed E-state index contributed by atoms with van der Waals surface area (Å²) in [6.07, 6.45) is 0.876. The Kier molecular flexibility index (Phi) is 6.93. The summed E-state index contributed by atoms with van der Waals surface area (Å²) in [5.41, 5.74) is 3.54. The number of hydrogen-bond donors (Lipinski definition) is 2. The largest absolute Gasteiger partial charge is 0.454 e. The van der Waals surface area contributed by atoms with Crippen LogP contribution in [0.1, 0.15) is 23.6 Å². The topological polar surface area (TPSA) is 64.1 Å². The van der Waals surface area contributed by atoms with Crippen LogP contribution in [0.5, 0.6) is 11.5 Å². The molecule has 0 aromatic heterocycles. The molecule has 2 N–H and O–H groups in total. The van der Waals surface area contributed by atoms with Gasteiger partial charge >= 0.3 is 0 Å². The third-order valence-corrected chi connectivity index (χ3v) is 4.31. The Labute approximate surface area is 160 Å². The van der Waals surface area contributed by atoms with Crippen LogP contribution < -0.4 is 20.1 Å². The van der Waals surface area contributed by atoms with Crippen LogP contribution >= 0.6 is 0 Å². The molecule has 0 radical (unpaired) electrons. The van der Waals surface area contributed by atoms with Crippen molar-refractivity contribution in [3.05, 3.63) is 59.2 Å². The van der Waals surface area contributed by atoms with Gasteiger partial charge in [-0.2, -0.15) is 0 Å². The molecule has 2 aromatic carbocycles. The lowest BCUT2D eigenvalue weighted by atomic mass is 10.1. The van der Waals surface area contributed by atoms with Gasteiger partial charge in [0.2, 0.25) is 6.79 Å². The highest BCUT2D eigenvalue weighted by Crippen LogP contribution is 2.32. The van der Waals surface area contributed by atoms with Gasteiger partial charge < -0.3 is 24.8 Å². The number of methoxy groups -OCH3 is 1. The molecule has 0 unspecified atom stereocenters. The normalized spacial score (nSPS) is 12.9. The molecule has 0 aliphatic carbocycles. The van der Waals surface area contributed by atoms with E-state index in [-0.39, 0.29) is 0 Å². The summed E-state index contributed by atoms with van der Waals surface area (Å²) in [5, 5.41) is 6.69. The van der Waals surface area contributed by atoms with Crippen molar-refractivity contribution >= 4 is 5.96 Å². The molecule has 1 aliphatic heterocycles. The van der Waals surface area contributed by atoms with Crippen LogP contribution in [-0.4, -0.2) is 33.0 Å². The lowest BCUT2D eigenvalue weighted by Gasteiger charge is -2.12. The number of guanidine groups is 1. The van der Waals surface area contributed by atoms with Gasteiger partial charge in [-0.3, -0.25) is 0 Å². The van der Waals surface area contributed by atoms with Crippen LogP contribution in [0.2, 0.25) is 0 Å². The van der Waals surface area contributed by atoms with Crippen molar-refractivity contribution in [3.63, 3.8) is 0 Å². The second-order valence-electron chi connectivity index (χ2n) is 6.26. The zero-order valence-corrected chi connectivity index (χ0v) is 16.0. The molecule has 0 spiro atoms. The maximum atomic E-state index is 5.43. The fraction of sp³-hybridized carbons (Fsp3) is 0.381. The highest BCUT2D eigenvalue weighted by Gasteiger charge is 2.13. The Balaban J connectivity index is 1.56. The minimum atomic E-state index is 0.304. The van der Waals surface area contributed by atoms with E-state index in [1.54, 1.807) is 7.11 Å². The minimum Gasteiger partial charge on any atom is -0.454 e. The van der Waals surface area contributed by atoms with E-state index in [2.05, 4.69) is 35.8 Å². The van der Waals surface area contributed by atoms with E-state index in [9.17, 15) is 0 Å². The smallest absolute Gasteiger partial charge is 0.231 e. The molecule has 1 heterocycles. The first kappa shape index (κ1) is 19.0. The van der Waals surface area contributed by atoms with Crippen molar-refractivity contribution in [1.82, 2.24) is 10.6 Å². The third-order valence-electron chi connectivity index (χ3n) is 4.31. The molecule has 27 heavy (non-hydrogen) atoms. The van der Waals surface area contributed by atoms with Crippen LogP contribution in [0, 0.1) is 0 Å². The zero-order chi connectivity index (χ0) is 18.9. The van der Waals surface area contributed by atoms with Crippen molar-refractivity contribution in [2.24, 2.45) is 4.99 Å². The second-order valence-corrected chi connectivity index (χ2v) is 6.26. The number of fused-ring (bicyclic) bond motifs is 1. The molecule has 1 aliphatic rings. The van der Waals surface area contributed by atoms with Gasteiger partial charge in [-0.1, -0.05) is 30.3 Å². The molecule has 0 atom stereocenters. The summed E-state index contributed by atoms with van der Waals surface area (Å²) < 4.78 is 16.1. The number of nitrogens with zero attached hydrogens (tertiary/aromatic N) is 1. The van der Waals surface area contributed by atoms with Crippen molar-refractivity contribution in [3.8, 4) is 11.5 Å². The van der Waals surface area contributed by atoms with Crippen LogP contribution in [0.25, 0.3) is 0 Å². The van der Waals surface area contributed by atoms with Gasteiger partial charge in [-0.05, 0) is 42.2 Å². The lowest BCUT2D eigenvalue weighted by molar-refractivity contribution is 0.174. The Morgan fingerprint density at radius 3 is 2.70 bits per heavy atom. The highest BCUT2D eigenvalue weighted by atomic mass is 16.7. The molecule has 6 nitrogen and oxygen atoms in total. The quantitative estimate of drug-likeness (QED) is 0.553. The molecule has 3 rings (SSSR count). The number of benzene rings is 2. The van der Waals surface area contributed by atoms with Crippen LogP contribution in [0.3, 0.4) is 0 Å². The first-order valence-corrected chi connectivity index (χ1v) is 9.26. The van der Waals surface area contributed by atoms with Gasteiger partial charge in [0.15, 0.2) is 17.5 Å². The third kappa shape index (κ3) is 5.37. The Morgan fingerprint density at radius 2 is 1.89 bits per heavy atom. The number of nitrogens with one attached hydrogen (secondary N) is 2. The lowest BCUT2D eigenvalue weighted by Crippen LogP contribution is -2.38. The van der Waals surface area contributed by atoms with Crippen LogP contribution in [0.4, 0.5) is 0 Å². The summed E-state index contributed by atoms with van der Waals surface area (Å²) in [6.45, 7) is 5.17. The fourth-order valence-electron chi connectivity index (χ4n) is 2.94. The van der Waals surface area contributed by atoms with Crippen molar-refractivity contribution < 1.29 is 14.2 Å². The minimum absolute atomic E-state index is 0.304. The number of ether oxygens (including phenoxy) is 3. The maximum absolute atomic E-state index is 5.43. The predicted molar refractivity (Wildman–Crippen MR) is 106 cm³/mol. The SMILES string of the molecule is CCNC(=NCc1ccccc1COC)NCCc1ccc2c(c1)OCO2. The standard InChI is InChI=1S/C21H27N3O3/c1-3-22-21(24-13-17-6-4-5-7-18(17)14-25-2)23-11-10-16-8-9-19-20(12-16)27-15-26-19/h4-9,12H,3,10-11,13-15H2,1-2H3,(H2,22,23,24). The average Bonchev–Trinajstić information content (AvgIpc) is 3.15. The van der Waals surface area contributed by atoms with E-state index in [0.717, 1.165) is 37.0 Å². The molecule has 6 heteroatoms. The molecule has 144 valence electrons. The van der Waals surface area contributed by atoms with E-state index in [1.807, 2.05) is 24.3 Å². The van der Waals surface area contributed by atoms with Gasteiger partial charge in [0, 0.05) is 20.2 Å². The van der Waals surface area contributed by atoms with E-state index in [4.69, 9.17) is 19.2 Å². The Hall–Kier alpha value is -2.73. The second kappa shape index (κ2) is 9.83. The zero-order valence-electron chi connectivity index (χ0n) is 16.0. The van der Waals surface area contributed by atoms with Crippen molar-refractivity contribution in [2.45, 2.75) is 26.5 Å². The van der Waals surface area contributed by atoms with E-state index >= 15 is 0 Å². The number of hydrogen-bond acceptors (Lipinski definition) is 4. The van der Waals surface area contributed by atoms with Crippen molar-refractivity contribution in [1.29, 1.82) is 0 Å². The first-order valence-electron chi connectivity index (χ1n) is 9.26. The predicted octanol–water partition coefficient (Wildman–Crippen LogP) is 2.86. The summed E-state index contributed by atoms with van der Waals surface area (Å²) in [4.78, 5) is 4.71. The molecule has 2 aromatic rings. The average molecular weight is 369 g/mol. The summed E-state index contributed by atoms with van der Waals surface area (Å²) in [7, 11) is 1.71. The van der Waals surface area contributed by atoms with Gasteiger partial charge in [0.05, 0.1) is 13.2 Å².